The van der Waals surface area contributed by atoms with E-state index in [2.05, 4.69) is 22.0 Å². The molecule has 0 aliphatic heterocycles. The Labute approximate surface area is 118 Å². The highest BCUT2D eigenvalue weighted by atomic mass is 16.2. The maximum atomic E-state index is 11.8. The lowest BCUT2D eigenvalue weighted by molar-refractivity contribution is -0.131. The second-order valence-corrected chi connectivity index (χ2v) is 5.10. The van der Waals surface area contributed by atoms with Gasteiger partial charge in [0.15, 0.2) is 0 Å². The molecular formula is C14H20N4O2. The van der Waals surface area contributed by atoms with Crippen molar-refractivity contribution in [2.75, 3.05) is 0 Å². The summed E-state index contributed by atoms with van der Waals surface area (Å²) in [6.45, 7) is 3.87. The second kappa shape index (κ2) is 6.36. The van der Waals surface area contributed by atoms with Gasteiger partial charge in [-0.1, -0.05) is 12.2 Å². The standard InChI is InChI=1S/C14H20N4O2/c1-10-8-11(2)18(17-10)9-13(19)15-16-14(20)12-6-4-3-5-7-12/h3-4,8,12H,5-7,9H2,1-2H3,(H,15,19)(H,16,20). The van der Waals surface area contributed by atoms with Crippen molar-refractivity contribution < 1.29 is 9.59 Å². The van der Waals surface area contributed by atoms with E-state index in [-0.39, 0.29) is 24.3 Å². The van der Waals surface area contributed by atoms with Crippen LogP contribution in [0.3, 0.4) is 0 Å². The Bertz CT molecular complexity index is 533. The molecule has 1 aliphatic carbocycles. The molecule has 0 spiro atoms. The Hall–Kier alpha value is -2.11. The first-order valence-corrected chi connectivity index (χ1v) is 6.81. The van der Waals surface area contributed by atoms with Gasteiger partial charge >= 0.3 is 0 Å². The number of hydrogen-bond acceptors (Lipinski definition) is 3. The van der Waals surface area contributed by atoms with Crippen molar-refractivity contribution in [1.82, 2.24) is 20.6 Å². The van der Waals surface area contributed by atoms with Gasteiger partial charge < -0.3 is 0 Å². The van der Waals surface area contributed by atoms with Crippen LogP contribution in [0.5, 0.6) is 0 Å². The smallest absolute Gasteiger partial charge is 0.260 e. The molecule has 20 heavy (non-hydrogen) atoms. The molecule has 1 aliphatic rings. The van der Waals surface area contributed by atoms with Crippen LogP contribution < -0.4 is 10.9 Å². The van der Waals surface area contributed by atoms with Crippen LogP contribution in [-0.4, -0.2) is 21.6 Å². The topological polar surface area (TPSA) is 76.0 Å². The molecule has 2 amide bonds. The molecule has 1 aromatic heterocycles. The number of nitrogens with one attached hydrogen (secondary N) is 2. The van der Waals surface area contributed by atoms with Gasteiger partial charge in [0.2, 0.25) is 5.91 Å². The lowest BCUT2D eigenvalue weighted by Crippen LogP contribution is -2.46. The molecule has 2 N–H and O–H groups in total. The van der Waals surface area contributed by atoms with E-state index in [1.807, 2.05) is 26.0 Å². The van der Waals surface area contributed by atoms with E-state index in [9.17, 15) is 9.59 Å². The van der Waals surface area contributed by atoms with Crippen LogP contribution in [-0.2, 0) is 16.1 Å². The van der Waals surface area contributed by atoms with E-state index in [1.54, 1.807) is 4.68 Å². The predicted molar refractivity (Wildman–Crippen MR) is 74.5 cm³/mol. The Morgan fingerprint density at radius 1 is 1.35 bits per heavy atom. The third kappa shape index (κ3) is 3.69. The minimum absolute atomic E-state index is 0.0472. The van der Waals surface area contributed by atoms with Gasteiger partial charge in [-0.15, -0.1) is 0 Å². The molecular weight excluding hydrogens is 256 g/mol. The summed E-state index contributed by atoms with van der Waals surface area (Å²) >= 11 is 0. The zero-order chi connectivity index (χ0) is 14.5. The first-order chi connectivity index (χ1) is 9.56. The van der Waals surface area contributed by atoms with Crippen LogP contribution >= 0.6 is 0 Å². The Kier molecular flexibility index (Phi) is 4.55. The van der Waals surface area contributed by atoms with Gasteiger partial charge in [-0.2, -0.15) is 5.10 Å². The van der Waals surface area contributed by atoms with Gasteiger partial charge in [-0.3, -0.25) is 25.1 Å². The minimum atomic E-state index is -0.282. The maximum absolute atomic E-state index is 11.8. The average Bonchev–Trinajstić information content (AvgIpc) is 2.75. The highest BCUT2D eigenvalue weighted by molar-refractivity contribution is 5.83. The summed E-state index contributed by atoms with van der Waals surface area (Å²) in [6.07, 6.45) is 6.56. The molecule has 1 atom stereocenters. The van der Waals surface area contributed by atoms with Crippen LogP contribution in [0.2, 0.25) is 0 Å². The molecule has 0 bridgehead atoms. The van der Waals surface area contributed by atoms with Gasteiger partial charge in [0, 0.05) is 11.6 Å². The second-order valence-electron chi connectivity index (χ2n) is 5.10. The molecule has 0 saturated heterocycles. The SMILES string of the molecule is Cc1cc(C)n(CC(=O)NNC(=O)C2CC=CCC2)n1. The zero-order valence-corrected chi connectivity index (χ0v) is 11.8. The van der Waals surface area contributed by atoms with Crippen LogP contribution in [0.25, 0.3) is 0 Å². The summed E-state index contributed by atoms with van der Waals surface area (Å²) in [5.41, 5.74) is 6.71. The number of amides is 2. The molecule has 0 saturated carbocycles. The van der Waals surface area contributed by atoms with Gasteiger partial charge in [0.05, 0.1) is 5.69 Å². The first-order valence-electron chi connectivity index (χ1n) is 6.81. The Morgan fingerprint density at radius 2 is 2.15 bits per heavy atom. The molecule has 1 aromatic rings. The van der Waals surface area contributed by atoms with Crippen molar-refractivity contribution in [2.24, 2.45) is 5.92 Å². The van der Waals surface area contributed by atoms with Gasteiger partial charge in [0.25, 0.3) is 5.91 Å². The van der Waals surface area contributed by atoms with Crippen molar-refractivity contribution in [3.63, 3.8) is 0 Å². The van der Waals surface area contributed by atoms with Gasteiger partial charge in [0.1, 0.15) is 6.54 Å². The fourth-order valence-electron chi connectivity index (χ4n) is 2.28. The predicted octanol–water partition coefficient (Wildman–Crippen LogP) is 1.00. The third-order valence-electron chi connectivity index (χ3n) is 3.36. The fraction of sp³-hybridized carbons (Fsp3) is 0.500. The van der Waals surface area contributed by atoms with Crippen LogP contribution in [0.4, 0.5) is 0 Å². The number of allylic oxidation sites excluding steroid dienone is 2. The lowest BCUT2D eigenvalue weighted by Gasteiger charge is -2.17. The molecule has 0 aromatic carbocycles. The molecule has 1 unspecified atom stereocenters. The molecule has 6 heteroatoms. The molecule has 108 valence electrons. The first kappa shape index (κ1) is 14.3. The van der Waals surface area contributed by atoms with E-state index in [0.717, 1.165) is 30.7 Å². The number of rotatable bonds is 3. The summed E-state index contributed by atoms with van der Waals surface area (Å²) < 4.78 is 1.61. The van der Waals surface area contributed by atoms with Crippen molar-refractivity contribution in [3.8, 4) is 0 Å². The van der Waals surface area contributed by atoms with Crippen molar-refractivity contribution in [1.29, 1.82) is 0 Å². The Morgan fingerprint density at radius 3 is 2.75 bits per heavy atom. The number of hydrazine groups is 1. The van der Waals surface area contributed by atoms with Crippen molar-refractivity contribution >= 4 is 11.8 Å². The zero-order valence-electron chi connectivity index (χ0n) is 11.8. The Balaban J connectivity index is 1.79. The van der Waals surface area contributed by atoms with Crippen LogP contribution in [0.1, 0.15) is 30.7 Å². The van der Waals surface area contributed by atoms with E-state index < -0.39 is 0 Å². The quantitative estimate of drug-likeness (QED) is 0.639. The molecule has 0 fully saturated rings. The van der Waals surface area contributed by atoms with Gasteiger partial charge in [-0.05, 0) is 39.2 Å². The van der Waals surface area contributed by atoms with E-state index >= 15 is 0 Å². The summed E-state index contributed by atoms with van der Waals surface area (Å²) in [5.74, 6) is -0.457. The molecule has 6 nitrogen and oxygen atoms in total. The number of aryl methyl sites for hydroxylation is 2. The fourth-order valence-corrected chi connectivity index (χ4v) is 2.28. The number of aromatic nitrogens is 2. The summed E-state index contributed by atoms with van der Waals surface area (Å²) in [4.78, 5) is 23.6. The highest BCUT2D eigenvalue weighted by Gasteiger charge is 2.19. The monoisotopic (exact) mass is 276 g/mol. The van der Waals surface area contributed by atoms with Crippen LogP contribution in [0, 0.1) is 19.8 Å². The third-order valence-corrected chi connectivity index (χ3v) is 3.36. The largest absolute Gasteiger partial charge is 0.273 e. The van der Waals surface area contributed by atoms with Crippen molar-refractivity contribution in [2.45, 2.75) is 39.7 Å². The maximum Gasteiger partial charge on any atom is 0.260 e. The summed E-state index contributed by atoms with van der Waals surface area (Å²) in [7, 11) is 0. The van der Waals surface area contributed by atoms with Crippen LogP contribution in [0.15, 0.2) is 18.2 Å². The van der Waals surface area contributed by atoms with E-state index in [1.165, 1.54) is 0 Å². The number of hydrogen-bond donors (Lipinski definition) is 2. The van der Waals surface area contributed by atoms with E-state index in [0.29, 0.717) is 0 Å². The van der Waals surface area contributed by atoms with E-state index in [4.69, 9.17) is 0 Å². The number of carbonyl (C=O) groups is 2. The summed E-state index contributed by atoms with van der Waals surface area (Å²) in [5, 5.41) is 4.20. The number of nitrogens with zero attached hydrogens (tertiary/aromatic N) is 2. The average molecular weight is 276 g/mol. The molecule has 2 rings (SSSR count). The van der Waals surface area contributed by atoms with Gasteiger partial charge in [-0.25, -0.2) is 0 Å². The lowest BCUT2D eigenvalue weighted by atomic mass is 9.94. The highest BCUT2D eigenvalue weighted by Crippen LogP contribution is 2.17. The molecule has 1 heterocycles. The normalized spacial score (nSPS) is 17.8. The minimum Gasteiger partial charge on any atom is -0.273 e. The molecule has 0 radical (unpaired) electrons. The summed E-state index contributed by atoms with van der Waals surface area (Å²) in [6, 6.07) is 1.90. The van der Waals surface area contributed by atoms with Crippen molar-refractivity contribution in [3.05, 3.63) is 29.6 Å². The number of carbonyl (C=O) groups excluding carboxylic acids is 2.